The molecule has 2 aliphatic rings. The number of carbonyl (C=O) groups excluding carboxylic acids is 1. The van der Waals surface area contributed by atoms with Gasteiger partial charge >= 0.3 is 30.6 Å². The van der Waals surface area contributed by atoms with Crippen LogP contribution in [0.3, 0.4) is 0 Å². The van der Waals surface area contributed by atoms with Crippen LogP contribution in [0.5, 0.6) is 0 Å². The Balaban J connectivity index is 1.70. The minimum atomic E-state index is -5.83. The van der Waals surface area contributed by atoms with Gasteiger partial charge in [-0.15, -0.1) is 0 Å². The molecule has 0 aliphatic carbocycles. The molecule has 0 aromatic heterocycles. The second-order valence-corrected chi connectivity index (χ2v) is 8.77. The van der Waals surface area contributed by atoms with Crippen LogP contribution in [-0.2, 0) is 17.5 Å². The number of halogens is 9. The topological polar surface area (TPSA) is 70.1 Å². The van der Waals surface area contributed by atoms with Crippen molar-refractivity contribution >= 4 is 12.1 Å². The predicted octanol–water partition coefficient (Wildman–Crippen LogP) is 5.46. The van der Waals surface area contributed by atoms with Gasteiger partial charge in [-0.3, -0.25) is 4.90 Å². The summed E-state index contributed by atoms with van der Waals surface area (Å²) in [6.45, 7) is 0.0569. The summed E-state index contributed by atoms with van der Waals surface area (Å²) in [5, 5.41) is 9.04. The number of hydrogen-bond acceptors (Lipinski definition) is 4. The number of aromatic carboxylic acids is 1. The Morgan fingerprint density at radius 1 is 0.944 bits per heavy atom. The lowest BCUT2D eigenvalue weighted by atomic mass is 9.84. The first kappa shape index (κ1) is 27.9. The smallest absolute Gasteiger partial charge is 0.434 e. The van der Waals surface area contributed by atoms with Gasteiger partial charge in [0.05, 0.1) is 11.1 Å². The maximum atomic E-state index is 13.3. The number of rotatable bonds is 4. The van der Waals surface area contributed by atoms with Crippen LogP contribution in [0.4, 0.5) is 44.3 Å². The summed E-state index contributed by atoms with van der Waals surface area (Å²) in [6.07, 6.45) is -21.1. The van der Waals surface area contributed by atoms with Crippen molar-refractivity contribution in [3.05, 3.63) is 34.9 Å². The Hall–Kier alpha value is -2.71. The highest BCUT2D eigenvalue weighted by Crippen LogP contribution is 2.41. The number of hydrogen-bond donors (Lipinski definition) is 1. The average Bonchev–Trinajstić information content (AvgIpc) is 3.11. The third-order valence-electron chi connectivity index (χ3n) is 6.50. The van der Waals surface area contributed by atoms with Gasteiger partial charge in [-0.25, -0.2) is 9.59 Å². The fourth-order valence-corrected chi connectivity index (χ4v) is 4.74. The van der Waals surface area contributed by atoms with Crippen molar-refractivity contribution < 1.29 is 58.9 Å². The molecule has 0 radical (unpaired) electrons. The highest BCUT2D eigenvalue weighted by Gasteiger charge is 2.60. The summed E-state index contributed by atoms with van der Waals surface area (Å²) in [7, 11) is 0. The molecule has 1 N–H and O–H groups in total. The molecule has 0 bridgehead atoms. The Bertz CT molecular complexity index is 969. The molecule has 202 valence electrons. The van der Waals surface area contributed by atoms with Gasteiger partial charge in [0.1, 0.15) is 0 Å². The van der Waals surface area contributed by atoms with E-state index in [0.29, 0.717) is 19.4 Å². The molecule has 2 aliphatic heterocycles. The van der Waals surface area contributed by atoms with Gasteiger partial charge in [-0.05, 0) is 49.9 Å². The standard InChI is InChI=1S/C21H21F9N2O4/c22-19(23,24)14-10-12(2-3-13(14)15(33)34)11-32-7-1-4-18(32)5-8-31(9-6-18)17(35)36-16(20(25,26)27)21(28,29)30/h2-3,10,16H,1,4-9,11H2,(H,33,34). The molecule has 15 heteroatoms. The zero-order chi connectivity index (χ0) is 27.1. The molecule has 0 atom stereocenters. The van der Waals surface area contributed by atoms with Crippen molar-refractivity contribution in [2.24, 2.45) is 0 Å². The van der Waals surface area contributed by atoms with E-state index in [1.54, 1.807) is 0 Å². The monoisotopic (exact) mass is 536 g/mol. The first-order valence-electron chi connectivity index (χ1n) is 10.7. The van der Waals surface area contributed by atoms with Gasteiger partial charge in [0.15, 0.2) is 0 Å². The summed E-state index contributed by atoms with van der Waals surface area (Å²) >= 11 is 0. The second kappa shape index (κ2) is 9.63. The van der Waals surface area contributed by atoms with Gasteiger partial charge in [0.2, 0.25) is 0 Å². The summed E-state index contributed by atoms with van der Waals surface area (Å²) in [5.74, 6) is -1.73. The van der Waals surface area contributed by atoms with Crippen molar-refractivity contribution in [1.82, 2.24) is 9.80 Å². The van der Waals surface area contributed by atoms with Crippen molar-refractivity contribution in [2.45, 2.75) is 62.4 Å². The van der Waals surface area contributed by atoms with E-state index in [1.165, 1.54) is 6.07 Å². The van der Waals surface area contributed by atoms with Gasteiger partial charge in [-0.1, -0.05) is 6.07 Å². The molecule has 1 spiro atoms. The molecular weight excluding hydrogens is 515 g/mol. The number of nitrogens with zero attached hydrogens (tertiary/aromatic N) is 2. The number of ether oxygens (including phenoxy) is 1. The van der Waals surface area contributed by atoms with Crippen LogP contribution in [0.1, 0.15) is 47.2 Å². The summed E-state index contributed by atoms with van der Waals surface area (Å²) < 4.78 is 120. The van der Waals surface area contributed by atoms with Crippen LogP contribution in [0.2, 0.25) is 0 Å². The molecule has 1 amide bonds. The van der Waals surface area contributed by atoms with Crippen molar-refractivity contribution in [1.29, 1.82) is 0 Å². The fourth-order valence-electron chi connectivity index (χ4n) is 4.74. The second-order valence-electron chi connectivity index (χ2n) is 8.77. The Kier molecular flexibility index (Phi) is 7.46. The van der Waals surface area contributed by atoms with Crippen LogP contribution in [-0.4, -0.2) is 70.6 Å². The minimum absolute atomic E-state index is 0.0116. The maximum absolute atomic E-state index is 13.3. The molecule has 3 rings (SSSR count). The van der Waals surface area contributed by atoms with E-state index in [1.807, 2.05) is 4.90 Å². The Labute approximate surface area is 198 Å². The highest BCUT2D eigenvalue weighted by molar-refractivity contribution is 5.89. The molecular formula is C21H21F9N2O4. The molecule has 2 fully saturated rings. The van der Waals surface area contributed by atoms with Gasteiger partial charge in [0, 0.05) is 25.2 Å². The molecule has 2 heterocycles. The van der Waals surface area contributed by atoms with Crippen molar-refractivity contribution in [2.75, 3.05) is 19.6 Å². The number of alkyl halides is 9. The lowest BCUT2D eigenvalue weighted by molar-refractivity contribution is -0.308. The van der Waals surface area contributed by atoms with E-state index in [-0.39, 0.29) is 38.0 Å². The first-order chi connectivity index (χ1) is 16.4. The number of likely N-dealkylation sites (tertiary alicyclic amines) is 2. The average molecular weight is 536 g/mol. The van der Waals surface area contributed by atoms with E-state index in [0.717, 1.165) is 17.0 Å². The van der Waals surface area contributed by atoms with E-state index < -0.39 is 53.4 Å². The largest absolute Gasteiger partial charge is 0.478 e. The zero-order valence-corrected chi connectivity index (χ0v) is 18.4. The number of piperidine rings is 1. The Morgan fingerprint density at radius 2 is 1.53 bits per heavy atom. The number of carboxylic acid groups (broad SMARTS) is 1. The Morgan fingerprint density at radius 3 is 2.03 bits per heavy atom. The predicted molar refractivity (Wildman–Crippen MR) is 104 cm³/mol. The molecule has 0 unspecified atom stereocenters. The lowest BCUT2D eigenvalue weighted by Crippen LogP contribution is -2.54. The third kappa shape index (κ3) is 5.98. The van der Waals surface area contributed by atoms with Gasteiger partial charge < -0.3 is 14.7 Å². The van der Waals surface area contributed by atoms with Crippen LogP contribution < -0.4 is 0 Å². The van der Waals surface area contributed by atoms with Crippen molar-refractivity contribution in [3.8, 4) is 0 Å². The van der Waals surface area contributed by atoms with Crippen LogP contribution in [0.15, 0.2) is 18.2 Å². The summed E-state index contributed by atoms with van der Waals surface area (Å²) in [4.78, 5) is 25.8. The molecule has 2 saturated heterocycles. The van der Waals surface area contributed by atoms with E-state index in [4.69, 9.17) is 5.11 Å². The lowest BCUT2D eigenvalue weighted by Gasteiger charge is -2.45. The number of carboxylic acids is 1. The maximum Gasteiger partial charge on any atom is 0.434 e. The number of carbonyl (C=O) groups is 2. The van der Waals surface area contributed by atoms with Crippen LogP contribution in [0, 0.1) is 0 Å². The number of amides is 1. The molecule has 1 aromatic carbocycles. The van der Waals surface area contributed by atoms with Gasteiger partial charge in [0.25, 0.3) is 6.10 Å². The molecule has 6 nitrogen and oxygen atoms in total. The third-order valence-corrected chi connectivity index (χ3v) is 6.50. The normalized spacial score (nSPS) is 19.2. The molecule has 1 aromatic rings. The quantitative estimate of drug-likeness (QED) is 0.518. The summed E-state index contributed by atoms with van der Waals surface area (Å²) in [6, 6.07) is 2.86. The zero-order valence-electron chi connectivity index (χ0n) is 18.4. The minimum Gasteiger partial charge on any atom is -0.478 e. The van der Waals surface area contributed by atoms with Gasteiger partial charge in [-0.2, -0.15) is 39.5 Å². The molecule has 0 saturated carbocycles. The first-order valence-corrected chi connectivity index (χ1v) is 10.7. The van der Waals surface area contributed by atoms with Crippen LogP contribution >= 0.6 is 0 Å². The highest BCUT2D eigenvalue weighted by atomic mass is 19.4. The van der Waals surface area contributed by atoms with E-state index in [9.17, 15) is 49.1 Å². The van der Waals surface area contributed by atoms with E-state index in [2.05, 4.69) is 4.74 Å². The fraction of sp³-hybridized carbons (Fsp3) is 0.619. The van der Waals surface area contributed by atoms with Crippen molar-refractivity contribution in [3.63, 3.8) is 0 Å². The summed E-state index contributed by atoms with van der Waals surface area (Å²) in [5.41, 5.74) is -2.64. The number of benzene rings is 1. The molecule has 36 heavy (non-hydrogen) atoms. The SMILES string of the molecule is O=C(O)c1ccc(CN2CCCC23CCN(C(=O)OC(C(F)(F)F)C(F)(F)F)CC3)cc1C(F)(F)F. The van der Waals surface area contributed by atoms with Crippen LogP contribution in [0.25, 0.3) is 0 Å². The van der Waals surface area contributed by atoms with E-state index >= 15 is 0 Å².